The Bertz CT molecular complexity index is 979. The lowest BCUT2D eigenvalue weighted by Crippen LogP contribution is -2.15. The Balaban J connectivity index is 1.39. The summed E-state index contributed by atoms with van der Waals surface area (Å²) < 4.78 is 7.56. The zero-order valence-corrected chi connectivity index (χ0v) is 16.1. The van der Waals surface area contributed by atoms with Crippen LogP contribution in [-0.4, -0.2) is 34.2 Å². The van der Waals surface area contributed by atoms with Gasteiger partial charge < -0.3 is 10.1 Å². The Labute approximate surface area is 165 Å². The van der Waals surface area contributed by atoms with Gasteiger partial charge in [-0.2, -0.15) is 0 Å². The molecule has 0 bridgehead atoms. The standard InChI is InChI=1S/C23H24N4O/c1-18-15-19(7-5-13-24-20-8-3-2-4-9-20)11-12-22(18)23-17-27(26-25-23)16-21-10-6-14-28-21/h2-4,8-9,11-12,15,17,21,24H,6,10,13-14,16H2,1H3/t21-/m1/s1. The summed E-state index contributed by atoms with van der Waals surface area (Å²) in [6.45, 7) is 4.32. The van der Waals surface area contributed by atoms with Crippen LogP contribution < -0.4 is 5.32 Å². The highest BCUT2D eigenvalue weighted by Gasteiger charge is 2.17. The maximum absolute atomic E-state index is 5.68. The average molecular weight is 372 g/mol. The van der Waals surface area contributed by atoms with Crippen LogP contribution in [0.3, 0.4) is 0 Å². The van der Waals surface area contributed by atoms with Gasteiger partial charge in [0.1, 0.15) is 5.69 Å². The van der Waals surface area contributed by atoms with E-state index in [9.17, 15) is 0 Å². The van der Waals surface area contributed by atoms with E-state index in [1.54, 1.807) is 0 Å². The fourth-order valence-corrected chi connectivity index (χ4v) is 3.39. The Morgan fingerprint density at radius 1 is 1.21 bits per heavy atom. The van der Waals surface area contributed by atoms with Crippen molar-refractivity contribution in [2.75, 3.05) is 18.5 Å². The predicted molar refractivity (Wildman–Crippen MR) is 111 cm³/mol. The molecule has 1 aromatic heterocycles. The lowest BCUT2D eigenvalue weighted by atomic mass is 10.0. The van der Waals surface area contributed by atoms with Gasteiger partial charge in [-0.3, -0.25) is 0 Å². The minimum absolute atomic E-state index is 0.262. The first-order valence-electron chi connectivity index (χ1n) is 9.68. The van der Waals surface area contributed by atoms with Crippen molar-refractivity contribution in [1.82, 2.24) is 15.0 Å². The average Bonchev–Trinajstić information content (AvgIpc) is 3.39. The van der Waals surface area contributed by atoms with Crippen molar-refractivity contribution in [2.45, 2.75) is 32.4 Å². The lowest BCUT2D eigenvalue weighted by molar-refractivity contribution is 0.0935. The van der Waals surface area contributed by atoms with E-state index in [0.717, 1.165) is 54.1 Å². The highest BCUT2D eigenvalue weighted by atomic mass is 16.5. The Hall–Kier alpha value is -3.10. The minimum atomic E-state index is 0.262. The summed E-state index contributed by atoms with van der Waals surface area (Å²) in [5.74, 6) is 6.39. The molecule has 4 rings (SSSR count). The Kier molecular flexibility index (Phi) is 5.69. The first-order chi connectivity index (χ1) is 13.8. The van der Waals surface area contributed by atoms with Gasteiger partial charge in [0.05, 0.1) is 25.4 Å². The number of nitrogens with one attached hydrogen (secondary N) is 1. The van der Waals surface area contributed by atoms with Crippen molar-refractivity contribution < 1.29 is 4.74 Å². The highest BCUT2D eigenvalue weighted by molar-refractivity contribution is 5.64. The monoisotopic (exact) mass is 372 g/mol. The molecule has 0 radical (unpaired) electrons. The van der Waals surface area contributed by atoms with Crippen molar-refractivity contribution in [3.63, 3.8) is 0 Å². The highest BCUT2D eigenvalue weighted by Crippen LogP contribution is 2.22. The van der Waals surface area contributed by atoms with Gasteiger partial charge in [-0.15, -0.1) is 5.10 Å². The summed E-state index contributed by atoms with van der Waals surface area (Å²) in [4.78, 5) is 0. The summed E-state index contributed by atoms with van der Waals surface area (Å²) in [5, 5.41) is 11.9. The molecule has 0 amide bonds. The van der Waals surface area contributed by atoms with Crippen LogP contribution in [0.1, 0.15) is 24.0 Å². The van der Waals surface area contributed by atoms with Crippen molar-refractivity contribution >= 4 is 5.69 Å². The number of aromatic nitrogens is 3. The number of rotatable bonds is 5. The summed E-state index contributed by atoms with van der Waals surface area (Å²) in [6, 6.07) is 16.3. The second-order valence-corrected chi connectivity index (χ2v) is 7.01. The van der Waals surface area contributed by atoms with Gasteiger partial charge in [-0.05, 0) is 49.6 Å². The van der Waals surface area contributed by atoms with Crippen LogP contribution in [0.25, 0.3) is 11.3 Å². The number of hydrogen-bond acceptors (Lipinski definition) is 4. The molecule has 1 fully saturated rings. The molecule has 3 aromatic rings. The molecule has 1 atom stereocenters. The first kappa shape index (κ1) is 18.3. The van der Waals surface area contributed by atoms with E-state index in [1.165, 1.54) is 0 Å². The van der Waals surface area contributed by atoms with Crippen LogP contribution in [0.15, 0.2) is 54.7 Å². The van der Waals surface area contributed by atoms with Gasteiger partial charge in [-0.25, -0.2) is 4.68 Å². The molecule has 1 saturated heterocycles. The molecule has 1 aliphatic heterocycles. The lowest BCUT2D eigenvalue weighted by Gasteiger charge is -2.07. The predicted octanol–water partition coefficient (Wildman–Crippen LogP) is 3.90. The molecule has 5 nitrogen and oxygen atoms in total. The molecular weight excluding hydrogens is 348 g/mol. The van der Waals surface area contributed by atoms with Crippen LogP contribution in [0.4, 0.5) is 5.69 Å². The van der Waals surface area contributed by atoms with Crippen LogP contribution in [0.5, 0.6) is 0 Å². The molecule has 5 heteroatoms. The molecule has 0 saturated carbocycles. The second kappa shape index (κ2) is 8.73. The SMILES string of the molecule is Cc1cc(C#CCNc2ccccc2)ccc1-c1cn(C[C@H]2CCCO2)nn1. The van der Waals surface area contributed by atoms with Crippen molar-refractivity contribution in [2.24, 2.45) is 0 Å². The largest absolute Gasteiger partial charge is 0.376 e. The van der Waals surface area contributed by atoms with Crippen molar-refractivity contribution in [3.05, 3.63) is 65.9 Å². The maximum atomic E-state index is 5.68. The number of ether oxygens (including phenoxy) is 1. The van der Waals surface area contributed by atoms with Gasteiger partial charge in [0, 0.05) is 23.4 Å². The van der Waals surface area contributed by atoms with Crippen molar-refractivity contribution in [1.29, 1.82) is 0 Å². The second-order valence-electron chi connectivity index (χ2n) is 7.01. The number of benzene rings is 2. The fourth-order valence-electron chi connectivity index (χ4n) is 3.39. The van der Waals surface area contributed by atoms with Crippen LogP contribution in [0.2, 0.25) is 0 Å². The summed E-state index contributed by atoms with van der Waals surface area (Å²) in [6.07, 6.45) is 4.49. The molecule has 1 aliphatic rings. The van der Waals surface area contributed by atoms with E-state index in [4.69, 9.17) is 4.74 Å². The summed E-state index contributed by atoms with van der Waals surface area (Å²) in [5.41, 5.74) is 5.21. The maximum Gasteiger partial charge on any atom is 0.113 e. The van der Waals surface area contributed by atoms with E-state index in [0.29, 0.717) is 6.54 Å². The molecule has 28 heavy (non-hydrogen) atoms. The zero-order chi connectivity index (χ0) is 19.2. The Morgan fingerprint density at radius 2 is 2.11 bits per heavy atom. The number of nitrogens with zero attached hydrogens (tertiary/aromatic N) is 3. The molecule has 2 heterocycles. The summed E-state index contributed by atoms with van der Waals surface area (Å²) in [7, 11) is 0. The topological polar surface area (TPSA) is 52.0 Å². The third-order valence-electron chi connectivity index (χ3n) is 4.84. The zero-order valence-electron chi connectivity index (χ0n) is 16.1. The first-order valence-corrected chi connectivity index (χ1v) is 9.68. The summed E-state index contributed by atoms with van der Waals surface area (Å²) >= 11 is 0. The van der Waals surface area contributed by atoms with Gasteiger partial charge >= 0.3 is 0 Å². The molecule has 0 aliphatic carbocycles. The number of para-hydroxylation sites is 1. The van der Waals surface area contributed by atoms with Gasteiger partial charge in [0.2, 0.25) is 0 Å². The van der Waals surface area contributed by atoms with Crippen LogP contribution >= 0.6 is 0 Å². The van der Waals surface area contributed by atoms with Gasteiger partial charge in [0.15, 0.2) is 0 Å². The van der Waals surface area contributed by atoms with E-state index in [2.05, 4.69) is 46.5 Å². The quantitative estimate of drug-likeness (QED) is 0.690. The molecule has 0 spiro atoms. The molecule has 142 valence electrons. The third-order valence-corrected chi connectivity index (χ3v) is 4.84. The number of anilines is 1. The molecule has 2 aromatic carbocycles. The number of hydrogen-bond donors (Lipinski definition) is 1. The smallest absolute Gasteiger partial charge is 0.113 e. The van der Waals surface area contributed by atoms with Crippen LogP contribution in [0, 0.1) is 18.8 Å². The minimum Gasteiger partial charge on any atom is -0.376 e. The normalized spacial score (nSPS) is 15.8. The fraction of sp³-hybridized carbons (Fsp3) is 0.304. The third kappa shape index (κ3) is 4.59. The van der Waals surface area contributed by atoms with E-state index in [1.807, 2.05) is 47.3 Å². The van der Waals surface area contributed by atoms with Gasteiger partial charge in [-0.1, -0.05) is 41.3 Å². The molecule has 1 N–H and O–H groups in total. The van der Waals surface area contributed by atoms with E-state index in [-0.39, 0.29) is 6.10 Å². The number of aryl methyl sites for hydroxylation is 1. The molecular formula is C23H24N4O. The van der Waals surface area contributed by atoms with Gasteiger partial charge in [0.25, 0.3) is 0 Å². The van der Waals surface area contributed by atoms with E-state index < -0.39 is 0 Å². The van der Waals surface area contributed by atoms with Crippen LogP contribution in [-0.2, 0) is 11.3 Å². The van der Waals surface area contributed by atoms with Crippen molar-refractivity contribution in [3.8, 4) is 23.1 Å². The molecule has 0 unspecified atom stereocenters. The Morgan fingerprint density at radius 3 is 2.89 bits per heavy atom. The van der Waals surface area contributed by atoms with E-state index >= 15 is 0 Å².